The molecule has 0 amide bonds. The number of halogens is 4. The first-order valence-electron chi connectivity index (χ1n) is 12.0. The molecule has 0 aliphatic heterocycles. The Bertz CT molecular complexity index is 1590. The number of rotatable bonds is 9. The van der Waals surface area contributed by atoms with Crippen molar-refractivity contribution in [3.8, 4) is 17.5 Å². The molecule has 2 aromatic heterocycles. The zero-order valence-electron chi connectivity index (χ0n) is 21.3. The number of aryl methyl sites for hydroxylation is 1. The van der Waals surface area contributed by atoms with E-state index in [1.54, 1.807) is 24.3 Å². The van der Waals surface area contributed by atoms with Crippen LogP contribution in [0.1, 0.15) is 25.8 Å². The Hall–Kier alpha value is -3.77. The van der Waals surface area contributed by atoms with Gasteiger partial charge in [-0.1, -0.05) is 43.6 Å². The lowest BCUT2D eigenvalue weighted by molar-refractivity contribution is -0.274. The number of nitrogens with zero attached hydrogens (tertiary/aromatic N) is 4. The van der Waals surface area contributed by atoms with Gasteiger partial charge in [-0.05, 0) is 42.2 Å². The number of aliphatic hydroxyl groups is 1. The van der Waals surface area contributed by atoms with Gasteiger partial charge < -0.3 is 14.6 Å². The fourth-order valence-corrected chi connectivity index (χ4v) is 4.11. The molecule has 4 aromatic rings. The summed E-state index contributed by atoms with van der Waals surface area (Å²) in [4.78, 5) is 31.0. The Morgan fingerprint density at radius 3 is 2.36 bits per heavy atom. The Balaban J connectivity index is 1.84. The summed E-state index contributed by atoms with van der Waals surface area (Å²) in [7, 11) is 1.45. The smallest absolute Gasteiger partial charge is 0.425 e. The number of aromatic nitrogens is 4. The average molecular weight is 567 g/mol. The summed E-state index contributed by atoms with van der Waals surface area (Å²) >= 11 is 6.01. The minimum Gasteiger partial charge on any atom is -0.425 e. The molecule has 2 aromatic carbocycles. The van der Waals surface area contributed by atoms with Crippen LogP contribution in [0, 0.1) is 5.92 Å². The van der Waals surface area contributed by atoms with Gasteiger partial charge in [0.25, 0.3) is 5.56 Å². The number of aliphatic hydroxyl groups excluding tert-OH is 1. The second kappa shape index (κ2) is 11.1. The third kappa shape index (κ3) is 6.45. The SMILES string of the molecule is CC(C)C(O)CCn1c(=O)c2c(nc(Oc3cccc(OC(F)(F)F)c3)n2Cc2ccc(Cl)cc2)n(C)c1=O. The first-order chi connectivity index (χ1) is 18.3. The van der Waals surface area contributed by atoms with E-state index < -0.39 is 29.5 Å². The van der Waals surface area contributed by atoms with Crippen molar-refractivity contribution < 1.29 is 27.8 Å². The van der Waals surface area contributed by atoms with Crippen molar-refractivity contribution in [2.24, 2.45) is 13.0 Å². The Kier molecular flexibility index (Phi) is 8.07. The number of ether oxygens (including phenoxy) is 2. The number of imidazole rings is 1. The van der Waals surface area contributed by atoms with Crippen molar-refractivity contribution in [1.29, 1.82) is 0 Å². The van der Waals surface area contributed by atoms with Gasteiger partial charge in [-0.25, -0.2) is 4.79 Å². The normalized spacial score (nSPS) is 12.7. The predicted molar refractivity (Wildman–Crippen MR) is 138 cm³/mol. The lowest BCUT2D eigenvalue weighted by atomic mass is 10.0. The van der Waals surface area contributed by atoms with E-state index in [0.717, 1.165) is 16.7 Å². The molecule has 1 unspecified atom stereocenters. The third-order valence-corrected chi connectivity index (χ3v) is 6.37. The number of hydrogen-bond donors (Lipinski definition) is 1. The van der Waals surface area contributed by atoms with Gasteiger partial charge in [0.2, 0.25) is 0 Å². The maximum absolute atomic E-state index is 13.6. The predicted octanol–water partition coefficient (Wildman–Crippen LogP) is 4.70. The second-order valence-corrected chi connectivity index (χ2v) is 9.74. The van der Waals surface area contributed by atoms with E-state index in [2.05, 4.69) is 9.72 Å². The number of alkyl halides is 3. The first-order valence-corrected chi connectivity index (χ1v) is 12.4. The molecule has 4 rings (SSSR count). The number of benzene rings is 2. The maximum Gasteiger partial charge on any atom is 0.573 e. The van der Waals surface area contributed by atoms with Gasteiger partial charge in [-0.2, -0.15) is 4.98 Å². The highest BCUT2D eigenvalue weighted by Gasteiger charge is 2.31. The summed E-state index contributed by atoms with van der Waals surface area (Å²) in [5.74, 6) is -0.602. The van der Waals surface area contributed by atoms with Crippen LogP contribution in [0.5, 0.6) is 17.5 Å². The largest absolute Gasteiger partial charge is 0.573 e. The molecule has 2 heterocycles. The van der Waals surface area contributed by atoms with Gasteiger partial charge in [-0.3, -0.25) is 18.5 Å². The molecule has 0 radical (unpaired) electrons. The van der Waals surface area contributed by atoms with Gasteiger partial charge in [0.05, 0.1) is 12.6 Å². The third-order valence-electron chi connectivity index (χ3n) is 6.12. The van der Waals surface area contributed by atoms with Gasteiger partial charge in [0.15, 0.2) is 11.2 Å². The van der Waals surface area contributed by atoms with E-state index in [1.807, 2.05) is 13.8 Å². The van der Waals surface area contributed by atoms with Crippen LogP contribution in [0.3, 0.4) is 0 Å². The molecule has 1 atom stereocenters. The lowest BCUT2D eigenvalue weighted by Crippen LogP contribution is -2.40. The summed E-state index contributed by atoms with van der Waals surface area (Å²) in [6.07, 6.45) is -5.44. The molecular weight excluding hydrogens is 541 g/mol. The van der Waals surface area contributed by atoms with Crippen molar-refractivity contribution in [1.82, 2.24) is 18.7 Å². The Labute approximate surface area is 225 Å². The molecule has 9 nitrogen and oxygen atoms in total. The van der Waals surface area contributed by atoms with E-state index in [9.17, 15) is 27.9 Å². The number of fused-ring (bicyclic) bond motifs is 1. The molecule has 1 N–H and O–H groups in total. The van der Waals surface area contributed by atoms with Gasteiger partial charge >= 0.3 is 18.1 Å². The minimum absolute atomic E-state index is 0.0253. The fraction of sp³-hybridized carbons (Fsp3) is 0.346. The average Bonchev–Trinajstić information content (AvgIpc) is 3.20. The molecule has 0 bridgehead atoms. The van der Waals surface area contributed by atoms with Crippen molar-refractivity contribution in [2.45, 2.75) is 45.8 Å². The maximum atomic E-state index is 13.6. The fourth-order valence-electron chi connectivity index (χ4n) is 3.98. The summed E-state index contributed by atoms with van der Waals surface area (Å²) < 4.78 is 51.6. The summed E-state index contributed by atoms with van der Waals surface area (Å²) in [6.45, 7) is 3.70. The molecule has 208 valence electrons. The molecule has 0 aliphatic carbocycles. The molecule has 0 saturated carbocycles. The van der Waals surface area contributed by atoms with E-state index in [-0.39, 0.29) is 48.4 Å². The summed E-state index contributed by atoms with van der Waals surface area (Å²) in [5, 5.41) is 10.7. The topological polar surface area (TPSA) is 101 Å². The summed E-state index contributed by atoms with van der Waals surface area (Å²) in [6, 6.07) is 11.5. The highest BCUT2D eigenvalue weighted by atomic mass is 35.5. The van der Waals surface area contributed by atoms with Crippen LogP contribution < -0.4 is 20.7 Å². The monoisotopic (exact) mass is 566 g/mol. The van der Waals surface area contributed by atoms with Crippen molar-refractivity contribution in [3.05, 3.63) is 80.0 Å². The van der Waals surface area contributed by atoms with Crippen LogP contribution in [-0.2, 0) is 20.1 Å². The zero-order valence-corrected chi connectivity index (χ0v) is 22.0. The van der Waals surface area contributed by atoms with Crippen LogP contribution in [0.15, 0.2) is 58.1 Å². The zero-order chi connectivity index (χ0) is 28.5. The first kappa shape index (κ1) is 28.2. The molecule has 39 heavy (non-hydrogen) atoms. The van der Waals surface area contributed by atoms with Gasteiger partial charge in [0.1, 0.15) is 11.5 Å². The van der Waals surface area contributed by atoms with Crippen LogP contribution >= 0.6 is 11.6 Å². The number of hydrogen-bond acceptors (Lipinski definition) is 6. The van der Waals surface area contributed by atoms with Crippen molar-refractivity contribution >= 4 is 22.8 Å². The van der Waals surface area contributed by atoms with E-state index >= 15 is 0 Å². The van der Waals surface area contributed by atoms with Gasteiger partial charge in [0, 0.05) is 24.7 Å². The quantitative estimate of drug-likeness (QED) is 0.315. The van der Waals surface area contributed by atoms with Crippen LogP contribution in [-0.4, -0.2) is 36.3 Å². The second-order valence-electron chi connectivity index (χ2n) is 9.30. The van der Waals surface area contributed by atoms with E-state index in [0.29, 0.717) is 10.6 Å². The molecular formula is C26H26ClF3N4O5. The molecule has 13 heteroatoms. The van der Waals surface area contributed by atoms with E-state index in [1.165, 1.54) is 28.3 Å². The van der Waals surface area contributed by atoms with Gasteiger partial charge in [-0.15, -0.1) is 13.2 Å². The minimum atomic E-state index is -4.90. The highest BCUT2D eigenvalue weighted by molar-refractivity contribution is 6.30. The molecule has 0 fully saturated rings. The van der Waals surface area contributed by atoms with Crippen LogP contribution in [0.25, 0.3) is 11.2 Å². The van der Waals surface area contributed by atoms with E-state index in [4.69, 9.17) is 16.3 Å². The van der Waals surface area contributed by atoms with Crippen LogP contribution in [0.2, 0.25) is 5.02 Å². The molecule has 0 spiro atoms. The van der Waals surface area contributed by atoms with Crippen LogP contribution in [0.4, 0.5) is 13.2 Å². The lowest BCUT2D eigenvalue weighted by Gasteiger charge is -2.15. The Morgan fingerprint density at radius 1 is 1.05 bits per heavy atom. The standard InChI is InChI=1S/C26H26ClF3N4O5/c1-15(2)20(35)11-12-33-23(36)21-22(32(3)25(33)37)31-24(34(21)14-16-7-9-17(27)10-8-16)38-18-5-4-6-19(13-18)39-26(28,29)30/h4-10,13,15,20,35H,11-12,14H2,1-3H3. The molecule has 0 saturated heterocycles. The Morgan fingerprint density at radius 2 is 1.72 bits per heavy atom. The molecule has 0 aliphatic rings. The highest BCUT2D eigenvalue weighted by Crippen LogP contribution is 2.30. The summed E-state index contributed by atoms with van der Waals surface area (Å²) in [5.41, 5.74) is -0.491. The van der Waals surface area contributed by atoms with Crippen molar-refractivity contribution in [2.75, 3.05) is 0 Å². The van der Waals surface area contributed by atoms with Crippen molar-refractivity contribution in [3.63, 3.8) is 0 Å².